The van der Waals surface area contributed by atoms with Crippen LogP contribution in [0.1, 0.15) is 31.4 Å². The van der Waals surface area contributed by atoms with Crippen molar-refractivity contribution < 1.29 is 4.79 Å². The lowest BCUT2D eigenvalue weighted by atomic mass is 9.92. The van der Waals surface area contributed by atoms with Gasteiger partial charge in [0.05, 0.1) is 11.4 Å². The zero-order valence-electron chi connectivity index (χ0n) is 11.7. The lowest BCUT2D eigenvalue weighted by molar-refractivity contribution is -0.114. The SMILES string of the molecule is C#Cc1cc(C2=NNC(=C)C[C@H]2C)ccc1NC(C)=O. The van der Waals surface area contributed by atoms with Crippen molar-refractivity contribution in [3.8, 4) is 12.3 Å². The molecule has 0 fully saturated rings. The number of hydrogen-bond acceptors (Lipinski definition) is 3. The molecule has 1 aromatic rings. The van der Waals surface area contributed by atoms with Crippen LogP contribution in [0.4, 0.5) is 5.69 Å². The van der Waals surface area contributed by atoms with E-state index in [1.807, 2.05) is 18.2 Å². The Hall–Kier alpha value is -2.54. The van der Waals surface area contributed by atoms with Crippen LogP contribution in [0, 0.1) is 18.3 Å². The van der Waals surface area contributed by atoms with E-state index in [2.05, 4.69) is 35.3 Å². The van der Waals surface area contributed by atoms with E-state index in [0.717, 1.165) is 23.4 Å². The number of rotatable bonds is 2. The summed E-state index contributed by atoms with van der Waals surface area (Å²) in [5.41, 5.74) is 7.03. The molecule has 0 spiro atoms. The second kappa shape index (κ2) is 5.62. The van der Waals surface area contributed by atoms with Gasteiger partial charge in [0.1, 0.15) is 0 Å². The quantitative estimate of drug-likeness (QED) is 0.809. The molecule has 0 saturated carbocycles. The van der Waals surface area contributed by atoms with Crippen molar-refractivity contribution in [1.29, 1.82) is 0 Å². The summed E-state index contributed by atoms with van der Waals surface area (Å²) < 4.78 is 0. The summed E-state index contributed by atoms with van der Waals surface area (Å²) in [6, 6.07) is 5.60. The molecule has 0 saturated heterocycles. The lowest BCUT2D eigenvalue weighted by Gasteiger charge is -2.22. The smallest absolute Gasteiger partial charge is 0.221 e. The van der Waals surface area contributed by atoms with Crippen LogP contribution < -0.4 is 10.7 Å². The monoisotopic (exact) mass is 267 g/mol. The number of nitrogens with zero attached hydrogens (tertiary/aromatic N) is 1. The second-order valence-corrected chi connectivity index (χ2v) is 4.90. The Kier molecular flexibility index (Phi) is 3.90. The number of anilines is 1. The number of carbonyl (C=O) groups is 1. The Morgan fingerprint density at radius 2 is 2.35 bits per heavy atom. The van der Waals surface area contributed by atoms with Gasteiger partial charge in [0.25, 0.3) is 0 Å². The first-order valence-corrected chi connectivity index (χ1v) is 6.41. The zero-order chi connectivity index (χ0) is 14.7. The van der Waals surface area contributed by atoms with Gasteiger partial charge in [0.15, 0.2) is 0 Å². The van der Waals surface area contributed by atoms with Gasteiger partial charge in [-0.1, -0.05) is 25.5 Å². The third-order valence-corrected chi connectivity index (χ3v) is 3.14. The zero-order valence-corrected chi connectivity index (χ0v) is 11.7. The summed E-state index contributed by atoms with van der Waals surface area (Å²) in [5, 5.41) is 7.06. The van der Waals surface area contributed by atoms with Crippen LogP contribution in [0.5, 0.6) is 0 Å². The lowest BCUT2D eigenvalue weighted by Crippen LogP contribution is -2.25. The highest BCUT2D eigenvalue weighted by molar-refractivity contribution is 6.03. The topological polar surface area (TPSA) is 53.5 Å². The van der Waals surface area contributed by atoms with Gasteiger partial charge in [-0.15, -0.1) is 6.42 Å². The fraction of sp³-hybridized carbons (Fsp3) is 0.250. The number of nitrogens with one attached hydrogen (secondary N) is 2. The molecular weight excluding hydrogens is 250 g/mol. The minimum Gasteiger partial charge on any atom is -0.325 e. The second-order valence-electron chi connectivity index (χ2n) is 4.90. The predicted molar refractivity (Wildman–Crippen MR) is 81.3 cm³/mol. The van der Waals surface area contributed by atoms with Crippen molar-refractivity contribution in [3.05, 3.63) is 41.6 Å². The van der Waals surface area contributed by atoms with Crippen molar-refractivity contribution in [2.45, 2.75) is 20.3 Å². The first-order valence-electron chi connectivity index (χ1n) is 6.41. The molecule has 1 aromatic carbocycles. The Bertz CT molecular complexity index is 638. The van der Waals surface area contributed by atoms with Gasteiger partial charge in [-0.3, -0.25) is 10.2 Å². The average Bonchev–Trinajstić information content (AvgIpc) is 2.39. The largest absolute Gasteiger partial charge is 0.325 e. The number of benzene rings is 1. The Morgan fingerprint density at radius 3 is 2.95 bits per heavy atom. The predicted octanol–water partition coefficient (Wildman–Crippen LogP) is 2.47. The first-order chi connectivity index (χ1) is 9.51. The Morgan fingerprint density at radius 1 is 1.60 bits per heavy atom. The van der Waals surface area contributed by atoms with E-state index in [1.165, 1.54) is 6.92 Å². The van der Waals surface area contributed by atoms with Crippen LogP contribution in [0.25, 0.3) is 0 Å². The third kappa shape index (κ3) is 2.89. The van der Waals surface area contributed by atoms with Gasteiger partial charge >= 0.3 is 0 Å². The molecule has 0 unspecified atom stereocenters. The fourth-order valence-electron chi connectivity index (χ4n) is 2.23. The maximum Gasteiger partial charge on any atom is 0.221 e. The molecule has 4 nitrogen and oxygen atoms in total. The van der Waals surface area contributed by atoms with E-state index in [1.54, 1.807) is 0 Å². The van der Waals surface area contributed by atoms with Crippen LogP contribution >= 0.6 is 0 Å². The first kappa shape index (κ1) is 13.9. The van der Waals surface area contributed by atoms with Gasteiger partial charge < -0.3 is 5.32 Å². The Labute approximate surface area is 119 Å². The van der Waals surface area contributed by atoms with Crippen LogP contribution in [-0.2, 0) is 4.79 Å². The number of hydrogen-bond donors (Lipinski definition) is 2. The Balaban J connectivity index is 2.37. The molecule has 2 rings (SSSR count). The van der Waals surface area contributed by atoms with Crippen molar-refractivity contribution in [3.63, 3.8) is 0 Å². The number of amides is 1. The summed E-state index contributed by atoms with van der Waals surface area (Å²) in [5.74, 6) is 2.73. The molecule has 1 amide bonds. The third-order valence-electron chi connectivity index (χ3n) is 3.14. The summed E-state index contributed by atoms with van der Waals surface area (Å²) in [4.78, 5) is 11.1. The van der Waals surface area contributed by atoms with Crippen LogP contribution in [0.3, 0.4) is 0 Å². The minimum absolute atomic E-state index is 0.143. The molecule has 1 atom stereocenters. The van der Waals surface area contributed by atoms with Gasteiger partial charge in [0, 0.05) is 24.1 Å². The summed E-state index contributed by atoms with van der Waals surface area (Å²) in [6.45, 7) is 7.43. The van der Waals surface area contributed by atoms with Gasteiger partial charge in [-0.05, 0) is 24.1 Å². The molecule has 1 aliphatic heterocycles. The molecule has 102 valence electrons. The molecular formula is C16H17N3O. The number of terminal acetylenes is 1. The van der Waals surface area contributed by atoms with Crippen molar-refractivity contribution in [2.24, 2.45) is 11.0 Å². The maximum atomic E-state index is 11.1. The van der Waals surface area contributed by atoms with Crippen molar-refractivity contribution in [2.75, 3.05) is 5.32 Å². The van der Waals surface area contributed by atoms with E-state index < -0.39 is 0 Å². The number of allylic oxidation sites excluding steroid dienone is 1. The highest BCUT2D eigenvalue weighted by Gasteiger charge is 2.19. The number of hydrazone groups is 1. The van der Waals surface area contributed by atoms with E-state index in [-0.39, 0.29) is 11.8 Å². The average molecular weight is 267 g/mol. The van der Waals surface area contributed by atoms with E-state index >= 15 is 0 Å². The highest BCUT2D eigenvalue weighted by Crippen LogP contribution is 2.23. The van der Waals surface area contributed by atoms with Gasteiger partial charge in [-0.25, -0.2) is 0 Å². The van der Waals surface area contributed by atoms with E-state index in [0.29, 0.717) is 11.3 Å². The van der Waals surface area contributed by atoms with Crippen LogP contribution in [-0.4, -0.2) is 11.6 Å². The van der Waals surface area contributed by atoms with E-state index in [4.69, 9.17) is 6.42 Å². The van der Waals surface area contributed by atoms with Crippen LogP contribution in [0.2, 0.25) is 0 Å². The highest BCUT2D eigenvalue weighted by atomic mass is 16.1. The molecule has 0 radical (unpaired) electrons. The molecule has 2 N–H and O–H groups in total. The fourth-order valence-corrected chi connectivity index (χ4v) is 2.23. The minimum atomic E-state index is -0.143. The van der Waals surface area contributed by atoms with Crippen molar-refractivity contribution >= 4 is 17.3 Å². The molecule has 1 heterocycles. The van der Waals surface area contributed by atoms with Crippen LogP contribution in [0.15, 0.2) is 35.6 Å². The molecule has 1 aliphatic rings. The van der Waals surface area contributed by atoms with Gasteiger partial charge in [-0.2, -0.15) is 5.10 Å². The standard InChI is InChI=1S/C16H17N3O/c1-5-13-9-14(6-7-15(13)17-12(4)20)16-10(2)8-11(3)18-19-16/h1,6-7,9-10,18H,3,8H2,2,4H3,(H,17,20)/t10-/m1/s1. The number of carbonyl (C=O) groups excluding carboxylic acids is 1. The van der Waals surface area contributed by atoms with Crippen molar-refractivity contribution in [1.82, 2.24) is 5.43 Å². The normalized spacial score (nSPS) is 17.8. The van der Waals surface area contributed by atoms with Gasteiger partial charge in [0.2, 0.25) is 5.91 Å². The van der Waals surface area contributed by atoms with E-state index in [9.17, 15) is 4.79 Å². The molecule has 0 aromatic heterocycles. The molecule has 4 heteroatoms. The summed E-state index contributed by atoms with van der Waals surface area (Å²) >= 11 is 0. The molecule has 20 heavy (non-hydrogen) atoms. The molecule has 0 bridgehead atoms. The molecule has 0 aliphatic carbocycles. The summed E-state index contributed by atoms with van der Waals surface area (Å²) in [6.07, 6.45) is 6.36. The summed E-state index contributed by atoms with van der Waals surface area (Å²) in [7, 11) is 0. The maximum absolute atomic E-state index is 11.1.